The number of nitrogens with zero attached hydrogens (tertiary/aromatic N) is 1. The first kappa shape index (κ1) is 14.2. The second-order valence-corrected chi connectivity index (χ2v) is 6.54. The Morgan fingerprint density at radius 2 is 1.67 bits per heavy atom. The first-order chi connectivity index (χ1) is 10.3. The molecule has 0 radical (unpaired) electrons. The van der Waals surface area contributed by atoms with Gasteiger partial charge in [0.15, 0.2) is 0 Å². The van der Waals surface area contributed by atoms with Crippen LogP contribution in [0.1, 0.15) is 24.8 Å². The highest BCUT2D eigenvalue weighted by Crippen LogP contribution is 2.33. The summed E-state index contributed by atoms with van der Waals surface area (Å²) in [6.45, 7) is 0.712. The van der Waals surface area contributed by atoms with Gasteiger partial charge in [-0.25, -0.2) is 0 Å². The molecule has 1 aliphatic heterocycles. The zero-order valence-electron chi connectivity index (χ0n) is 11.9. The second kappa shape index (κ2) is 6.81. The summed E-state index contributed by atoms with van der Waals surface area (Å²) in [6.07, 6.45) is 2.74. The molecule has 2 aromatic carbocycles. The van der Waals surface area contributed by atoms with Crippen LogP contribution in [0.4, 0.5) is 0 Å². The number of hydrogen-bond acceptors (Lipinski definition) is 2. The molecule has 1 amide bonds. The Morgan fingerprint density at radius 1 is 1.00 bits per heavy atom. The predicted molar refractivity (Wildman–Crippen MR) is 86.9 cm³/mol. The van der Waals surface area contributed by atoms with Gasteiger partial charge in [0.1, 0.15) is 0 Å². The number of rotatable bonds is 4. The Hall–Kier alpha value is -1.74. The highest BCUT2D eigenvalue weighted by Gasteiger charge is 2.28. The van der Waals surface area contributed by atoms with Crippen LogP contribution < -0.4 is 0 Å². The van der Waals surface area contributed by atoms with Crippen LogP contribution in [0.3, 0.4) is 0 Å². The van der Waals surface area contributed by atoms with Crippen LogP contribution in [0, 0.1) is 0 Å². The van der Waals surface area contributed by atoms with Crippen molar-refractivity contribution in [2.24, 2.45) is 0 Å². The molecule has 1 unspecified atom stereocenters. The monoisotopic (exact) mass is 297 g/mol. The fourth-order valence-corrected chi connectivity index (χ4v) is 3.87. The van der Waals surface area contributed by atoms with E-state index in [1.165, 1.54) is 10.5 Å². The predicted octanol–water partition coefficient (Wildman–Crippen LogP) is 4.32. The average Bonchev–Trinajstić information content (AvgIpc) is 2.53. The number of hydrogen-bond donors (Lipinski definition) is 0. The molecule has 21 heavy (non-hydrogen) atoms. The number of piperidine rings is 1. The van der Waals surface area contributed by atoms with Gasteiger partial charge in [-0.05, 0) is 30.5 Å². The van der Waals surface area contributed by atoms with Gasteiger partial charge >= 0.3 is 0 Å². The number of carbonyl (C=O) groups excluding carboxylic acids is 1. The van der Waals surface area contributed by atoms with E-state index in [-0.39, 0.29) is 11.3 Å². The van der Waals surface area contributed by atoms with Gasteiger partial charge in [-0.15, -0.1) is 11.8 Å². The number of amides is 1. The van der Waals surface area contributed by atoms with Crippen LogP contribution in [0.5, 0.6) is 0 Å². The van der Waals surface area contributed by atoms with Gasteiger partial charge in [-0.2, -0.15) is 0 Å². The van der Waals surface area contributed by atoms with Gasteiger partial charge < -0.3 is 4.90 Å². The molecule has 3 rings (SSSR count). The van der Waals surface area contributed by atoms with E-state index in [0.29, 0.717) is 13.0 Å². The van der Waals surface area contributed by atoms with Crippen LogP contribution in [0.2, 0.25) is 0 Å². The van der Waals surface area contributed by atoms with Gasteiger partial charge in [0, 0.05) is 17.9 Å². The third-order valence-electron chi connectivity index (χ3n) is 3.72. The molecule has 2 nitrogen and oxygen atoms in total. The molecule has 0 N–H and O–H groups in total. The quantitative estimate of drug-likeness (QED) is 0.837. The summed E-state index contributed by atoms with van der Waals surface area (Å²) in [7, 11) is 0. The maximum atomic E-state index is 12.3. The first-order valence-electron chi connectivity index (χ1n) is 7.38. The van der Waals surface area contributed by atoms with E-state index in [4.69, 9.17) is 0 Å². The lowest BCUT2D eigenvalue weighted by Crippen LogP contribution is -2.41. The smallest absolute Gasteiger partial charge is 0.223 e. The lowest BCUT2D eigenvalue weighted by molar-refractivity contribution is -0.134. The highest BCUT2D eigenvalue weighted by atomic mass is 32.2. The summed E-state index contributed by atoms with van der Waals surface area (Å²) in [5, 5.41) is 0.244. The van der Waals surface area contributed by atoms with Crippen molar-refractivity contribution in [2.45, 2.75) is 36.1 Å². The van der Waals surface area contributed by atoms with E-state index >= 15 is 0 Å². The molecule has 1 heterocycles. The van der Waals surface area contributed by atoms with Crippen molar-refractivity contribution in [1.29, 1.82) is 0 Å². The van der Waals surface area contributed by atoms with Gasteiger partial charge in [0.05, 0.1) is 5.37 Å². The molecule has 0 aliphatic carbocycles. The molecule has 2 aromatic rings. The first-order valence-corrected chi connectivity index (χ1v) is 8.26. The van der Waals surface area contributed by atoms with Crippen LogP contribution >= 0.6 is 11.8 Å². The Bertz CT molecular complexity index is 585. The zero-order valence-corrected chi connectivity index (χ0v) is 12.8. The van der Waals surface area contributed by atoms with Crippen LogP contribution in [0.25, 0.3) is 0 Å². The molecule has 0 bridgehead atoms. The largest absolute Gasteiger partial charge is 0.326 e. The SMILES string of the molecule is O=C1CCCC(Sc2ccccc2)N1Cc1ccccc1. The fourth-order valence-electron chi connectivity index (χ4n) is 2.64. The summed E-state index contributed by atoms with van der Waals surface area (Å²) in [4.78, 5) is 15.6. The number of benzene rings is 2. The molecule has 0 aromatic heterocycles. The van der Waals surface area contributed by atoms with Crippen LogP contribution in [0.15, 0.2) is 65.6 Å². The van der Waals surface area contributed by atoms with E-state index in [9.17, 15) is 4.79 Å². The highest BCUT2D eigenvalue weighted by molar-refractivity contribution is 7.99. The van der Waals surface area contributed by atoms with Crippen molar-refractivity contribution < 1.29 is 4.79 Å². The second-order valence-electron chi connectivity index (χ2n) is 5.29. The summed E-state index contributed by atoms with van der Waals surface area (Å²) >= 11 is 1.80. The maximum Gasteiger partial charge on any atom is 0.223 e. The van der Waals surface area contributed by atoms with Crippen molar-refractivity contribution >= 4 is 17.7 Å². The normalized spacial score (nSPS) is 18.8. The summed E-state index contributed by atoms with van der Waals surface area (Å²) < 4.78 is 0. The van der Waals surface area contributed by atoms with Gasteiger partial charge in [-0.1, -0.05) is 48.5 Å². The number of likely N-dealkylation sites (tertiary alicyclic amines) is 1. The van der Waals surface area contributed by atoms with Crippen LogP contribution in [-0.2, 0) is 11.3 Å². The molecule has 0 saturated carbocycles. The lowest BCUT2D eigenvalue weighted by atomic mass is 10.1. The Labute approximate surface area is 130 Å². The lowest BCUT2D eigenvalue weighted by Gasteiger charge is -2.35. The Kier molecular flexibility index (Phi) is 4.61. The van der Waals surface area contributed by atoms with Gasteiger partial charge in [0.25, 0.3) is 0 Å². The third-order valence-corrected chi connectivity index (χ3v) is 5.03. The van der Waals surface area contributed by atoms with Crippen molar-refractivity contribution in [3.8, 4) is 0 Å². The fraction of sp³-hybridized carbons (Fsp3) is 0.278. The molecule has 3 heteroatoms. The van der Waals surface area contributed by atoms with E-state index < -0.39 is 0 Å². The van der Waals surface area contributed by atoms with Crippen molar-refractivity contribution in [2.75, 3.05) is 0 Å². The summed E-state index contributed by atoms with van der Waals surface area (Å²) in [5.41, 5.74) is 1.20. The molecule has 1 saturated heterocycles. The number of thioether (sulfide) groups is 1. The van der Waals surface area contributed by atoms with E-state index in [1.54, 1.807) is 11.8 Å². The standard InChI is InChI=1S/C18H19NOS/c20-17-12-7-13-18(21-16-10-5-2-6-11-16)19(17)14-15-8-3-1-4-9-15/h1-6,8-11,18H,7,12-14H2. The molecular formula is C18H19NOS. The molecule has 1 fully saturated rings. The molecule has 1 atom stereocenters. The van der Waals surface area contributed by atoms with E-state index in [1.807, 2.05) is 29.2 Å². The van der Waals surface area contributed by atoms with Crippen molar-refractivity contribution in [3.63, 3.8) is 0 Å². The summed E-state index contributed by atoms with van der Waals surface area (Å²) in [6, 6.07) is 20.6. The molecular weight excluding hydrogens is 278 g/mol. The minimum Gasteiger partial charge on any atom is -0.326 e. The Balaban J connectivity index is 1.75. The molecule has 0 spiro atoms. The average molecular weight is 297 g/mol. The minimum absolute atomic E-state index is 0.244. The van der Waals surface area contributed by atoms with Gasteiger partial charge in [-0.3, -0.25) is 4.79 Å². The van der Waals surface area contributed by atoms with Crippen molar-refractivity contribution in [1.82, 2.24) is 4.90 Å². The summed E-state index contributed by atoms with van der Waals surface area (Å²) in [5.74, 6) is 0.276. The van der Waals surface area contributed by atoms with Crippen LogP contribution in [-0.4, -0.2) is 16.2 Å². The minimum atomic E-state index is 0.244. The Morgan fingerprint density at radius 3 is 2.38 bits per heavy atom. The van der Waals surface area contributed by atoms with E-state index in [2.05, 4.69) is 36.4 Å². The zero-order chi connectivity index (χ0) is 14.5. The topological polar surface area (TPSA) is 20.3 Å². The molecule has 1 aliphatic rings. The molecule has 108 valence electrons. The van der Waals surface area contributed by atoms with E-state index in [0.717, 1.165) is 12.8 Å². The maximum absolute atomic E-state index is 12.3. The van der Waals surface area contributed by atoms with Crippen molar-refractivity contribution in [3.05, 3.63) is 66.2 Å². The third kappa shape index (κ3) is 3.67. The number of carbonyl (C=O) groups is 1. The van der Waals surface area contributed by atoms with Gasteiger partial charge in [0.2, 0.25) is 5.91 Å².